The highest BCUT2D eigenvalue weighted by Crippen LogP contribution is 2.19. The van der Waals surface area contributed by atoms with Crippen molar-refractivity contribution in [3.05, 3.63) is 24.0 Å². The first-order chi connectivity index (χ1) is 8.10. The number of hydrogen-bond acceptors (Lipinski definition) is 4. The number of anilines is 1. The van der Waals surface area contributed by atoms with E-state index >= 15 is 0 Å². The van der Waals surface area contributed by atoms with Gasteiger partial charge in [0.1, 0.15) is 6.07 Å². The summed E-state index contributed by atoms with van der Waals surface area (Å²) in [4.78, 5) is 8.47. The number of likely N-dealkylation sites (N-methyl/N-ethyl adjacent to an activating group) is 2. The lowest BCUT2D eigenvalue weighted by Crippen LogP contribution is -2.40. The van der Waals surface area contributed by atoms with Crippen LogP contribution in [0.25, 0.3) is 0 Å². The summed E-state index contributed by atoms with van der Waals surface area (Å²) in [5.74, 6) is 0. The Kier molecular flexibility index (Phi) is 4.92. The lowest BCUT2D eigenvalue weighted by molar-refractivity contribution is 0.373. The van der Waals surface area contributed by atoms with Crippen molar-refractivity contribution < 1.29 is 0 Å². The van der Waals surface area contributed by atoms with E-state index in [1.165, 1.54) is 0 Å². The quantitative estimate of drug-likeness (QED) is 0.775. The number of hydrogen-bond donors (Lipinski definition) is 0. The highest BCUT2D eigenvalue weighted by Gasteiger charge is 2.16. The van der Waals surface area contributed by atoms with E-state index in [0.717, 1.165) is 18.8 Å². The van der Waals surface area contributed by atoms with Crippen molar-refractivity contribution in [2.24, 2.45) is 0 Å². The fourth-order valence-electron chi connectivity index (χ4n) is 2.06. The summed E-state index contributed by atoms with van der Waals surface area (Å²) in [7, 11) is 4.11. The Bertz CT molecular complexity index is 395. The van der Waals surface area contributed by atoms with Crippen LogP contribution in [0.5, 0.6) is 0 Å². The second-order valence-electron chi connectivity index (χ2n) is 4.38. The minimum absolute atomic E-state index is 0.353. The number of nitriles is 1. The second-order valence-corrected chi connectivity index (χ2v) is 4.38. The van der Waals surface area contributed by atoms with Gasteiger partial charge < -0.3 is 9.80 Å². The molecule has 0 radical (unpaired) electrons. The molecule has 0 spiro atoms. The van der Waals surface area contributed by atoms with Gasteiger partial charge in [0.05, 0.1) is 5.69 Å². The first kappa shape index (κ1) is 13.5. The van der Waals surface area contributed by atoms with Crippen LogP contribution in [0.2, 0.25) is 0 Å². The Morgan fingerprint density at radius 1 is 1.47 bits per heavy atom. The van der Waals surface area contributed by atoms with E-state index in [4.69, 9.17) is 5.26 Å². The smallest absolute Gasteiger partial charge is 0.163 e. The molecule has 1 atom stereocenters. The molecule has 0 aliphatic carbocycles. The third-order valence-electron chi connectivity index (χ3n) is 2.70. The fourth-order valence-corrected chi connectivity index (χ4v) is 2.06. The van der Waals surface area contributed by atoms with Gasteiger partial charge >= 0.3 is 0 Å². The van der Waals surface area contributed by atoms with Crippen LogP contribution >= 0.6 is 0 Å². The van der Waals surface area contributed by atoms with Gasteiger partial charge in [-0.1, -0.05) is 0 Å². The van der Waals surface area contributed by atoms with Gasteiger partial charge in [-0.15, -0.1) is 0 Å². The maximum Gasteiger partial charge on any atom is 0.163 e. The first-order valence-electron chi connectivity index (χ1n) is 5.86. The molecular weight excluding hydrogens is 212 g/mol. The lowest BCUT2D eigenvalue weighted by atomic mass is 10.2. The van der Waals surface area contributed by atoms with Crippen LogP contribution < -0.4 is 4.90 Å². The molecule has 1 aromatic heterocycles. The maximum atomic E-state index is 9.08. The van der Waals surface area contributed by atoms with Crippen LogP contribution in [0.1, 0.15) is 19.5 Å². The summed E-state index contributed by atoms with van der Waals surface area (Å²) in [6, 6.07) is 6.34. The van der Waals surface area contributed by atoms with Crippen molar-refractivity contribution in [2.45, 2.75) is 19.9 Å². The Morgan fingerprint density at radius 2 is 2.18 bits per heavy atom. The molecule has 0 fully saturated rings. The van der Waals surface area contributed by atoms with E-state index in [1.807, 2.05) is 12.1 Å². The topological polar surface area (TPSA) is 43.2 Å². The van der Waals surface area contributed by atoms with Gasteiger partial charge in [0.25, 0.3) is 0 Å². The highest BCUT2D eigenvalue weighted by atomic mass is 15.2. The van der Waals surface area contributed by atoms with Gasteiger partial charge in [-0.25, -0.2) is 4.98 Å². The summed E-state index contributed by atoms with van der Waals surface area (Å²) in [6.07, 6.45) is 1.66. The fraction of sp³-hybridized carbons (Fsp3) is 0.538. The molecule has 4 nitrogen and oxygen atoms in total. The Hall–Kier alpha value is -1.60. The second kappa shape index (κ2) is 6.21. The molecule has 0 amide bonds. The Labute approximate surface area is 103 Å². The van der Waals surface area contributed by atoms with E-state index in [2.05, 4.69) is 48.8 Å². The normalized spacial score (nSPS) is 12.2. The molecule has 0 bridgehead atoms. The molecule has 0 aliphatic heterocycles. The molecule has 0 saturated carbocycles. The zero-order valence-electron chi connectivity index (χ0n) is 11.0. The van der Waals surface area contributed by atoms with E-state index in [0.29, 0.717) is 11.7 Å². The Morgan fingerprint density at radius 3 is 2.71 bits per heavy atom. The van der Waals surface area contributed by atoms with Gasteiger partial charge in [0.2, 0.25) is 0 Å². The van der Waals surface area contributed by atoms with Crippen molar-refractivity contribution in [2.75, 3.05) is 32.1 Å². The van der Waals surface area contributed by atoms with Crippen LogP contribution in [-0.4, -0.2) is 43.1 Å². The molecule has 1 rings (SSSR count). The molecule has 0 aromatic carbocycles. The predicted octanol–water partition coefficient (Wildman–Crippen LogP) is 1.73. The van der Waals surface area contributed by atoms with E-state index in [9.17, 15) is 0 Å². The minimum Gasteiger partial charge on any atom is -0.365 e. The molecule has 1 heterocycles. The van der Waals surface area contributed by atoms with Crippen LogP contribution in [0.15, 0.2) is 18.3 Å². The van der Waals surface area contributed by atoms with E-state index in [-0.39, 0.29) is 0 Å². The third-order valence-corrected chi connectivity index (χ3v) is 2.70. The largest absolute Gasteiger partial charge is 0.365 e. The van der Waals surface area contributed by atoms with Crippen molar-refractivity contribution in [1.82, 2.24) is 9.88 Å². The summed E-state index contributed by atoms with van der Waals surface area (Å²) in [5.41, 5.74) is 1.42. The summed E-state index contributed by atoms with van der Waals surface area (Å²) in [5, 5.41) is 9.08. The molecule has 1 unspecified atom stereocenters. The van der Waals surface area contributed by atoms with Crippen molar-refractivity contribution >= 4 is 5.69 Å². The number of rotatable bonds is 5. The molecule has 0 N–H and O–H groups in total. The Balaban J connectivity index is 2.97. The van der Waals surface area contributed by atoms with Crippen LogP contribution in [-0.2, 0) is 0 Å². The summed E-state index contributed by atoms with van der Waals surface area (Å²) < 4.78 is 0. The zero-order chi connectivity index (χ0) is 12.8. The van der Waals surface area contributed by atoms with Crippen molar-refractivity contribution in [1.29, 1.82) is 5.26 Å². The van der Waals surface area contributed by atoms with Crippen molar-refractivity contribution in [3.8, 4) is 6.07 Å². The van der Waals surface area contributed by atoms with E-state index < -0.39 is 0 Å². The molecule has 92 valence electrons. The zero-order valence-corrected chi connectivity index (χ0v) is 11.0. The van der Waals surface area contributed by atoms with Crippen LogP contribution in [0, 0.1) is 11.3 Å². The van der Waals surface area contributed by atoms with Gasteiger partial charge in [0.15, 0.2) is 5.69 Å². The molecule has 17 heavy (non-hydrogen) atoms. The first-order valence-corrected chi connectivity index (χ1v) is 5.86. The molecule has 0 aliphatic rings. The van der Waals surface area contributed by atoms with Crippen LogP contribution in [0.4, 0.5) is 5.69 Å². The third kappa shape index (κ3) is 3.43. The van der Waals surface area contributed by atoms with Gasteiger partial charge in [0, 0.05) is 25.3 Å². The molecular formula is C13H20N4. The van der Waals surface area contributed by atoms with Gasteiger partial charge in [-0.3, -0.25) is 0 Å². The van der Waals surface area contributed by atoms with E-state index in [1.54, 1.807) is 6.20 Å². The average molecular weight is 232 g/mol. The SMILES string of the molecule is CCN(c1cccnc1C#N)C(C)CN(C)C. The lowest BCUT2D eigenvalue weighted by Gasteiger charge is -2.32. The summed E-state index contributed by atoms with van der Waals surface area (Å²) >= 11 is 0. The van der Waals surface area contributed by atoms with Gasteiger partial charge in [-0.05, 0) is 40.1 Å². The molecule has 1 aromatic rings. The minimum atomic E-state index is 0.353. The van der Waals surface area contributed by atoms with Gasteiger partial charge in [-0.2, -0.15) is 5.26 Å². The average Bonchev–Trinajstić information content (AvgIpc) is 2.29. The highest BCUT2D eigenvalue weighted by molar-refractivity contribution is 5.56. The van der Waals surface area contributed by atoms with Crippen molar-refractivity contribution in [3.63, 3.8) is 0 Å². The summed E-state index contributed by atoms with van der Waals surface area (Å²) in [6.45, 7) is 6.08. The predicted molar refractivity (Wildman–Crippen MR) is 70.0 cm³/mol. The number of aromatic nitrogens is 1. The number of nitrogens with zero attached hydrogens (tertiary/aromatic N) is 4. The number of pyridine rings is 1. The maximum absolute atomic E-state index is 9.08. The standard InChI is InChI=1S/C13H20N4/c1-5-17(11(2)10-16(3)4)13-7-6-8-15-12(13)9-14/h6-8,11H,5,10H2,1-4H3. The molecule has 0 saturated heterocycles. The van der Waals surface area contributed by atoms with Crippen LogP contribution in [0.3, 0.4) is 0 Å². The molecule has 4 heteroatoms. The monoisotopic (exact) mass is 232 g/mol.